The van der Waals surface area contributed by atoms with Crippen molar-refractivity contribution in [2.45, 2.75) is 61.8 Å². The zero-order chi connectivity index (χ0) is 34.3. The zero-order valence-corrected chi connectivity index (χ0v) is 27.5. The Balaban J connectivity index is 1.59. The molecule has 0 saturated heterocycles. The fraction of sp³-hybridized carbons (Fsp3) is 0.278. The normalized spacial score (nSPS) is 14.3. The Morgan fingerprint density at radius 2 is 1.40 bits per heavy atom. The van der Waals surface area contributed by atoms with Gasteiger partial charge in [0.05, 0.1) is 21.2 Å². The number of hydrogen-bond donors (Lipinski definition) is 1. The maximum absolute atomic E-state index is 14.5. The molecule has 48 heavy (non-hydrogen) atoms. The number of benzene rings is 4. The number of amides is 2. The standard InChI is InChI=1S/C36H35ClF3N3O4S/c37-32-21-20-29(23-31(32)36(38,39)40)43(48(46,47)30-18-8-3-9-19-30)25-34(44)42(24-27-14-6-2-7-15-27)33(22-26-12-4-1-5-13-26)35(45)41-28-16-10-11-17-28/h1-9,12-15,18-21,23,28,33H,10-11,16-17,22,24-25H2,(H,41,45)/t33-/m0/s1. The van der Waals surface area contributed by atoms with Crippen molar-refractivity contribution in [3.05, 3.63) is 131 Å². The Labute approximate surface area is 283 Å². The Morgan fingerprint density at radius 1 is 0.833 bits per heavy atom. The van der Waals surface area contributed by atoms with Crippen LogP contribution in [0.3, 0.4) is 0 Å². The molecular formula is C36H35ClF3N3O4S. The largest absolute Gasteiger partial charge is 0.417 e. The van der Waals surface area contributed by atoms with Gasteiger partial charge in [-0.25, -0.2) is 8.42 Å². The number of nitrogens with zero attached hydrogens (tertiary/aromatic N) is 2. The summed E-state index contributed by atoms with van der Waals surface area (Å²) < 4.78 is 70.6. The molecule has 0 aromatic heterocycles. The number of carbonyl (C=O) groups excluding carboxylic acids is 2. The van der Waals surface area contributed by atoms with E-state index in [9.17, 15) is 31.2 Å². The van der Waals surface area contributed by atoms with Crippen molar-refractivity contribution in [3.8, 4) is 0 Å². The molecule has 1 atom stereocenters. The molecule has 4 aromatic carbocycles. The first-order chi connectivity index (χ1) is 22.9. The second-order valence-electron chi connectivity index (χ2n) is 11.7. The molecule has 0 radical (unpaired) electrons. The van der Waals surface area contributed by atoms with Crippen LogP contribution in [0.4, 0.5) is 18.9 Å². The summed E-state index contributed by atoms with van der Waals surface area (Å²) in [4.78, 5) is 29.6. The van der Waals surface area contributed by atoms with Crippen LogP contribution in [-0.4, -0.2) is 43.8 Å². The minimum Gasteiger partial charge on any atom is -0.352 e. The van der Waals surface area contributed by atoms with Crippen LogP contribution < -0.4 is 9.62 Å². The third-order valence-electron chi connectivity index (χ3n) is 8.32. The Morgan fingerprint density at radius 3 is 1.98 bits per heavy atom. The minimum atomic E-state index is -4.89. The van der Waals surface area contributed by atoms with Crippen molar-refractivity contribution in [2.24, 2.45) is 0 Å². The van der Waals surface area contributed by atoms with Gasteiger partial charge in [-0.05, 0) is 54.3 Å². The minimum absolute atomic E-state index is 0.0527. The lowest BCUT2D eigenvalue weighted by Gasteiger charge is -2.34. The topological polar surface area (TPSA) is 86.8 Å². The van der Waals surface area contributed by atoms with E-state index >= 15 is 0 Å². The van der Waals surface area contributed by atoms with Crippen LogP contribution in [0, 0.1) is 0 Å². The van der Waals surface area contributed by atoms with Crippen LogP contribution in [0.15, 0.2) is 114 Å². The number of rotatable bonds is 12. The lowest BCUT2D eigenvalue weighted by molar-refractivity contribution is -0.140. The highest BCUT2D eigenvalue weighted by Crippen LogP contribution is 2.38. The predicted octanol–water partition coefficient (Wildman–Crippen LogP) is 7.25. The molecule has 1 aliphatic carbocycles. The van der Waals surface area contributed by atoms with Crippen LogP contribution >= 0.6 is 11.6 Å². The molecule has 2 amide bonds. The molecule has 0 bridgehead atoms. The highest BCUT2D eigenvalue weighted by atomic mass is 35.5. The smallest absolute Gasteiger partial charge is 0.352 e. The first kappa shape index (κ1) is 35.0. The number of hydrogen-bond acceptors (Lipinski definition) is 4. The predicted molar refractivity (Wildman–Crippen MR) is 179 cm³/mol. The van der Waals surface area contributed by atoms with Gasteiger partial charge in [0.1, 0.15) is 12.6 Å². The molecule has 12 heteroatoms. The second-order valence-corrected chi connectivity index (χ2v) is 14.0. The average Bonchev–Trinajstić information content (AvgIpc) is 3.59. The fourth-order valence-electron chi connectivity index (χ4n) is 5.84. The van der Waals surface area contributed by atoms with Crippen LogP contribution in [0.1, 0.15) is 42.4 Å². The highest BCUT2D eigenvalue weighted by molar-refractivity contribution is 7.92. The van der Waals surface area contributed by atoms with Crippen LogP contribution in [-0.2, 0) is 38.8 Å². The molecule has 0 unspecified atom stereocenters. The summed E-state index contributed by atoms with van der Waals surface area (Å²) >= 11 is 5.88. The summed E-state index contributed by atoms with van der Waals surface area (Å²) in [7, 11) is -4.58. The van der Waals surface area contributed by atoms with E-state index in [4.69, 9.17) is 11.6 Å². The SMILES string of the molecule is O=C(NC1CCCC1)[C@H](Cc1ccccc1)N(Cc1ccccc1)C(=O)CN(c1ccc(Cl)c(C(F)(F)F)c1)S(=O)(=O)c1ccccc1. The molecule has 0 aliphatic heterocycles. The summed E-state index contributed by atoms with van der Waals surface area (Å²) in [5.74, 6) is -1.16. The van der Waals surface area contributed by atoms with Gasteiger partial charge in [-0.3, -0.25) is 13.9 Å². The summed E-state index contributed by atoms with van der Waals surface area (Å²) in [5, 5.41) is 2.47. The van der Waals surface area contributed by atoms with E-state index in [2.05, 4.69) is 5.32 Å². The average molecular weight is 698 g/mol. The number of halogens is 4. The van der Waals surface area contributed by atoms with E-state index in [0.717, 1.165) is 43.4 Å². The quantitative estimate of drug-likeness (QED) is 0.169. The molecule has 1 fully saturated rings. The number of alkyl halides is 3. The summed E-state index contributed by atoms with van der Waals surface area (Å²) in [6, 6.07) is 26.8. The van der Waals surface area contributed by atoms with E-state index in [-0.39, 0.29) is 23.9 Å². The van der Waals surface area contributed by atoms with E-state index < -0.39 is 56.9 Å². The molecule has 1 aliphatic rings. The monoisotopic (exact) mass is 697 g/mol. The third kappa shape index (κ3) is 8.56. The number of anilines is 1. The first-order valence-corrected chi connectivity index (χ1v) is 17.4. The number of sulfonamides is 1. The number of carbonyl (C=O) groups is 2. The van der Waals surface area contributed by atoms with Gasteiger partial charge in [-0.2, -0.15) is 13.2 Å². The van der Waals surface area contributed by atoms with Crippen molar-refractivity contribution in [1.82, 2.24) is 10.2 Å². The maximum atomic E-state index is 14.5. The maximum Gasteiger partial charge on any atom is 0.417 e. The zero-order valence-electron chi connectivity index (χ0n) is 25.9. The van der Waals surface area contributed by atoms with E-state index in [0.29, 0.717) is 15.9 Å². The van der Waals surface area contributed by atoms with Gasteiger partial charge in [-0.15, -0.1) is 0 Å². The molecule has 5 rings (SSSR count). The molecule has 7 nitrogen and oxygen atoms in total. The molecule has 252 valence electrons. The van der Waals surface area contributed by atoms with E-state index in [1.54, 1.807) is 36.4 Å². The van der Waals surface area contributed by atoms with Crippen molar-refractivity contribution in [2.75, 3.05) is 10.8 Å². The van der Waals surface area contributed by atoms with Crippen molar-refractivity contribution in [1.29, 1.82) is 0 Å². The molecule has 1 saturated carbocycles. The Kier molecular flexibility index (Phi) is 11.1. The van der Waals surface area contributed by atoms with E-state index in [1.165, 1.54) is 29.2 Å². The molecule has 1 N–H and O–H groups in total. The van der Waals surface area contributed by atoms with Gasteiger partial charge in [0.2, 0.25) is 11.8 Å². The van der Waals surface area contributed by atoms with Crippen molar-refractivity contribution >= 4 is 39.1 Å². The summed E-state index contributed by atoms with van der Waals surface area (Å²) in [6.45, 7) is -0.937. The van der Waals surface area contributed by atoms with Gasteiger partial charge in [0, 0.05) is 19.0 Å². The summed E-state index contributed by atoms with van der Waals surface area (Å²) in [5.41, 5.74) is -0.197. The van der Waals surface area contributed by atoms with Crippen LogP contribution in [0.5, 0.6) is 0 Å². The molecule has 0 spiro atoms. The summed E-state index contributed by atoms with van der Waals surface area (Å²) in [6.07, 6.45) is -1.22. The van der Waals surface area contributed by atoms with Crippen molar-refractivity contribution in [3.63, 3.8) is 0 Å². The second kappa shape index (κ2) is 15.3. The van der Waals surface area contributed by atoms with Gasteiger partial charge in [-0.1, -0.05) is 103 Å². The lowest BCUT2D eigenvalue weighted by Crippen LogP contribution is -2.54. The highest BCUT2D eigenvalue weighted by Gasteiger charge is 2.38. The van der Waals surface area contributed by atoms with Gasteiger partial charge in [0.15, 0.2) is 0 Å². The van der Waals surface area contributed by atoms with Crippen LogP contribution in [0.2, 0.25) is 5.02 Å². The fourth-order valence-corrected chi connectivity index (χ4v) is 7.49. The van der Waals surface area contributed by atoms with Gasteiger partial charge >= 0.3 is 6.18 Å². The number of nitrogens with one attached hydrogen (secondary N) is 1. The first-order valence-electron chi connectivity index (χ1n) is 15.6. The van der Waals surface area contributed by atoms with Crippen LogP contribution in [0.25, 0.3) is 0 Å². The van der Waals surface area contributed by atoms with Gasteiger partial charge in [0.25, 0.3) is 10.0 Å². The Hall–Kier alpha value is -4.35. The molecule has 0 heterocycles. The molecule has 4 aromatic rings. The Bertz CT molecular complexity index is 1800. The lowest BCUT2D eigenvalue weighted by atomic mass is 10.0. The third-order valence-corrected chi connectivity index (χ3v) is 10.4. The van der Waals surface area contributed by atoms with E-state index in [1.807, 2.05) is 30.3 Å². The van der Waals surface area contributed by atoms with Crippen molar-refractivity contribution < 1.29 is 31.2 Å². The molecular weight excluding hydrogens is 663 g/mol. The van der Waals surface area contributed by atoms with Gasteiger partial charge < -0.3 is 10.2 Å².